The number of rotatable bonds is 4. The molecule has 4 heterocycles. The average Bonchev–Trinajstić information content (AvgIpc) is 3.42. The topological polar surface area (TPSA) is 90.3 Å². The van der Waals surface area contributed by atoms with E-state index in [4.69, 9.17) is 0 Å². The van der Waals surface area contributed by atoms with Crippen molar-refractivity contribution in [3.63, 3.8) is 0 Å². The molecule has 0 aliphatic carbocycles. The van der Waals surface area contributed by atoms with Crippen molar-refractivity contribution in [2.75, 3.05) is 43.4 Å². The average molecular weight is 375 g/mol. The minimum atomic E-state index is 0.664. The SMILES string of the molecule is CN1CCN(c2ccc(Nc3ncc(-c4cn[nH]c4)n4ncnc34)cc2)CC1. The number of likely N-dealkylation sites (N-methyl/N-ethyl adjacent to an activating group) is 1. The molecule has 0 amide bonds. The molecule has 4 aromatic rings. The van der Waals surface area contributed by atoms with Gasteiger partial charge in [0.05, 0.1) is 18.1 Å². The predicted molar refractivity (Wildman–Crippen MR) is 108 cm³/mol. The first kappa shape index (κ1) is 16.7. The molecule has 142 valence electrons. The Bertz CT molecular complexity index is 1060. The number of H-pyrrole nitrogens is 1. The van der Waals surface area contributed by atoms with E-state index in [0.717, 1.165) is 43.1 Å². The summed E-state index contributed by atoms with van der Waals surface area (Å²) in [4.78, 5) is 13.7. The van der Waals surface area contributed by atoms with Crippen LogP contribution in [0.4, 0.5) is 17.2 Å². The maximum absolute atomic E-state index is 4.56. The van der Waals surface area contributed by atoms with Crippen molar-refractivity contribution in [2.24, 2.45) is 0 Å². The van der Waals surface area contributed by atoms with Crippen molar-refractivity contribution in [1.29, 1.82) is 0 Å². The van der Waals surface area contributed by atoms with E-state index in [1.54, 1.807) is 16.9 Å². The fourth-order valence-electron chi connectivity index (χ4n) is 3.45. The van der Waals surface area contributed by atoms with Gasteiger partial charge in [0.1, 0.15) is 6.33 Å². The molecule has 1 aliphatic rings. The molecule has 1 aliphatic heterocycles. The molecule has 28 heavy (non-hydrogen) atoms. The fraction of sp³-hybridized carbons (Fsp3) is 0.263. The number of nitrogens with zero attached hydrogens (tertiary/aromatic N) is 7. The second kappa shape index (κ2) is 6.93. The summed E-state index contributed by atoms with van der Waals surface area (Å²) in [5, 5.41) is 14.5. The van der Waals surface area contributed by atoms with E-state index in [2.05, 4.69) is 71.7 Å². The van der Waals surface area contributed by atoms with Gasteiger partial charge >= 0.3 is 0 Å². The third-order valence-corrected chi connectivity index (χ3v) is 5.10. The first-order valence-electron chi connectivity index (χ1n) is 9.26. The number of aromatic amines is 1. The summed E-state index contributed by atoms with van der Waals surface area (Å²) in [5.41, 5.74) is 4.62. The number of anilines is 3. The second-order valence-corrected chi connectivity index (χ2v) is 6.94. The molecule has 0 radical (unpaired) electrons. The maximum atomic E-state index is 4.56. The van der Waals surface area contributed by atoms with Gasteiger partial charge in [-0.3, -0.25) is 5.10 Å². The Morgan fingerprint density at radius 1 is 1.00 bits per heavy atom. The Kier molecular flexibility index (Phi) is 4.13. The summed E-state index contributed by atoms with van der Waals surface area (Å²) >= 11 is 0. The number of piperazine rings is 1. The summed E-state index contributed by atoms with van der Waals surface area (Å²) < 4.78 is 1.76. The van der Waals surface area contributed by atoms with Gasteiger partial charge < -0.3 is 15.1 Å². The highest BCUT2D eigenvalue weighted by Crippen LogP contribution is 2.25. The molecule has 0 spiro atoms. The van der Waals surface area contributed by atoms with Crippen LogP contribution in [0.5, 0.6) is 0 Å². The minimum absolute atomic E-state index is 0.664. The van der Waals surface area contributed by atoms with Gasteiger partial charge in [0.25, 0.3) is 0 Å². The number of hydrogen-bond acceptors (Lipinski definition) is 7. The number of nitrogens with one attached hydrogen (secondary N) is 2. The van der Waals surface area contributed by atoms with Crippen LogP contribution in [-0.4, -0.2) is 67.9 Å². The summed E-state index contributed by atoms with van der Waals surface area (Å²) in [6.07, 6.45) is 6.85. The molecule has 9 nitrogen and oxygen atoms in total. The van der Waals surface area contributed by atoms with Crippen LogP contribution in [-0.2, 0) is 0 Å². The number of hydrogen-bond donors (Lipinski definition) is 2. The van der Waals surface area contributed by atoms with Gasteiger partial charge in [0, 0.05) is 49.3 Å². The Balaban J connectivity index is 1.38. The summed E-state index contributed by atoms with van der Waals surface area (Å²) in [5.74, 6) is 0.664. The summed E-state index contributed by atoms with van der Waals surface area (Å²) in [7, 11) is 2.17. The monoisotopic (exact) mass is 375 g/mol. The van der Waals surface area contributed by atoms with Gasteiger partial charge in [-0.05, 0) is 31.3 Å². The van der Waals surface area contributed by atoms with Crippen LogP contribution in [0.25, 0.3) is 16.9 Å². The number of aromatic nitrogens is 6. The third kappa shape index (κ3) is 3.05. The molecule has 1 fully saturated rings. The van der Waals surface area contributed by atoms with Gasteiger partial charge in [-0.15, -0.1) is 0 Å². The third-order valence-electron chi connectivity index (χ3n) is 5.10. The quantitative estimate of drug-likeness (QED) is 0.564. The molecular formula is C19H21N9. The van der Waals surface area contributed by atoms with E-state index < -0.39 is 0 Å². The Morgan fingerprint density at radius 2 is 1.82 bits per heavy atom. The highest BCUT2D eigenvalue weighted by molar-refractivity contribution is 5.73. The van der Waals surface area contributed by atoms with Crippen LogP contribution >= 0.6 is 0 Å². The van der Waals surface area contributed by atoms with E-state index >= 15 is 0 Å². The highest BCUT2D eigenvalue weighted by Gasteiger charge is 2.15. The number of fused-ring (bicyclic) bond motifs is 1. The molecule has 0 atom stereocenters. The van der Waals surface area contributed by atoms with E-state index in [9.17, 15) is 0 Å². The van der Waals surface area contributed by atoms with Crippen LogP contribution in [0.2, 0.25) is 0 Å². The largest absolute Gasteiger partial charge is 0.369 e. The Morgan fingerprint density at radius 3 is 2.57 bits per heavy atom. The zero-order valence-corrected chi connectivity index (χ0v) is 15.6. The minimum Gasteiger partial charge on any atom is -0.369 e. The summed E-state index contributed by atoms with van der Waals surface area (Å²) in [6.45, 7) is 4.30. The molecule has 0 bridgehead atoms. The van der Waals surface area contributed by atoms with Gasteiger partial charge in [0.15, 0.2) is 11.5 Å². The lowest BCUT2D eigenvalue weighted by molar-refractivity contribution is 0.313. The van der Waals surface area contributed by atoms with Gasteiger partial charge in [-0.25, -0.2) is 14.5 Å². The second-order valence-electron chi connectivity index (χ2n) is 6.94. The van der Waals surface area contributed by atoms with E-state index in [1.807, 2.05) is 6.20 Å². The highest BCUT2D eigenvalue weighted by atomic mass is 15.3. The van der Waals surface area contributed by atoms with Crippen LogP contribution < -0.4 is 10.2 Å². The molecule has 1 saturated heterocycles. The predicted octanol–water partition coefficient (Wildman–Crippen LogP) is 2.01. The van der Waals surface area contributed by atoms with Crippen molar-refractivity contribution >= 4 is 22.8 Å². The van der Waals surface area contributed by atoms with Gasteiger partial charge in [0.2, 0.25) is 0 Å². The first-order chi connectivity index (χ1) is 13.8. The standard InChI is InChI=1S/C19H21N9/c1-26-6-8-27(9-7-26)16-4-2-15(3-5-16)25-18-19-21-13-24-28(19)17(12-20-18)14-10-22-23-11-14/h2-5,10-13H,6-9H2,1H3,(H,20,25)(H,22,23). The van der Waals surface area contributed by atoms with E-state index in [1.165, 1.54) is 12.0 Å². The molecule has 1 aromatic carbocycles. The van der Waals surface area contributed by atoms with Crippen molar-refractivity contribution < 1.29 is 0 Å². The Labute approximate surface area is 162 Å². The van der Waals surface area contributed by atoms with Crippen LogP contribution in [0.15, 0.2) is 49.2 Å². The van der Waals surface area contributed by atoms with Crippen molar-refractivity contribution in [3.8, 4) is 11.3 Å². The molecule has 9 heteroatoms. The smallest absolute Gasteiger partial charge is 0.199 e. The lowest BCUT2D eigenvalue weighted by Gasteiger charge is -2.34. The van der Waals surface area contributed by atoms with Crippen LogP contribution in [0.3, 0.4) is 0 Å². The van der Waals surface area contributed by atoms with Crippen molar-refractivity contribution in [2.45, 2.75) is 0 Å². The van der Waals surface area contributed by atoms with Gasteiger partial charge in [-0.2, -0.15) is 10.2 Å². The lowest BCUT2D eigenvalue weighted by Crippen LogP contribution is -2.44. The fourth-order valence-corrected chi connectivity index (χ4v) is 3.45. The molecule has 0 unspecified atom stereocenters. The van der Waals surface area contributed by atoms with E-state index in [0.29, 0.717) is 11.5 Å². The molecule has 5 rings (SSSR count). The molecular weight excluding hydrogens is 354 g/mol. The van der Waals surface area contributed by atoms with E-state index in [-0.39, 0.29) is 0 Å². The van der Waals surface area contributed by atoms with Crippen molar-refractivity contribution in [1.82, 2.24) is 34.7 Å². The van der Waals surface area contributed by atoms with Crippen LogP contribution in [0.1, 0.15) is 0 Å². The van der Waals surface area contributed by atoms with Gasteiger partial charge in [-0.1, -0.05) is 0 Å². The maximum Gasteiger partial charge on any atom is 0.199 e. The zero-order valence-electron chi connectivity index (χ0n) is 15.6. The van der Waals surface area contributed by atoms with Crippen LogP contribution in [0, 0.1) is 0 Å². The Hall–Kier alpha value is -3.46. The number of benzene rings is 1. The normalized spacial score (nSPS) is 15.2. The van der Waals surface area contributed by atoms with Crippen molar-refractivity contribution in [3.05, 3.63) is 49.2 Å². The molecule has 0 saturated carbocycles. The first-order valence-corrected chi connectivity index (χ1v) is 9.26. The summed E-state index contributed by atoms with van der Waals surface area (Å²) in [6, 6.07) is 8.45. The zero-order chi connectivity index (χ0) is 18.9. The lowest BCUT2D eigenvalue weighted by atomic mass is 10.2. The molecule has 3 aromatic heterocycles. The molecule has 2 N–H and O–H groups in total.